The minimum atomic E-state index is -0.531. The normalized spacial score (nSPS) is 16.6. The van der Waals surface area contributed by atoms with Crippen LogP contribution in [0.25, 0.3) is 0 Å². The molecule has 6 heteroatoms. The van der Waals surface area contributed by atoms with Gasteiger partial charge in [-0.25, -0.2) is 4.79 Å². The lowest BCUT2D eigenvalue weighted by Gasteiger charge is -2.26. The van der Waals surface area contributed by atoms with Crippen molar-refractivity contribution in [3.05, 3.63) is 59.1 Å². The van der Waals surface area contributed by atoms with Crippen molar-refractivity contribution in [2.45, 2.75) is 18.9 Å². The Kier molecular flexibility index (Phi) is 4.71. The van der Waals surface area contributed by atoms with Crippen LogP contribution in [0.15, 0.2) is 48.5 Å². The second-order valence-corrected chi connectivity index (χ2v) is 6.19. The number of urea groups is 1. The molecule has 1 atom stereocenters. The van der Waals surface area contributed by atoms with Crippen LogP contribution in [-0.2, 0) is 11.2 Å². The fourth-order valence-corrected chi connectivity index (χ4v) is 2.98. The number of rotatable bonds is 2. The summed E-state index contributed by atoms with van der Waals surface area (Å²) in [5.41, 5.74) is 2.49. The maximum Gasteiger partial charge on any atom is 0.322 e. The van der Waals surface area contributed by atoms with Gasteiger partial charge in [0.05, 0.1) is 0 Å². The van der Waals surface area contributed by atoms with Crippen LogP contribution in [0, 0.1) is 0 Å². The van der Waals surface area contributed by atoms with E-state index in [9.17, 15) is 9.59 Å². The van der Waals surface area contributed by atoms with Gasteiger partial charge in [-0.1, -0.05) is 35.9 Å². The molecule has 2 aromatic rings. The number of hydrogen-bond donors (Lipinski definition) is 2. The zero-order valence-corrected chi connectivity index (χ0v) is 14.0. The quantitative estimate of drug-likeness (QED) is 0.872. The molecule has 0 bridgehead atoms. The van der Waals surface area contributed by atoms with Crippen molar-refractivity contribution in [1.82, 2.24) is 4.90 Å². The summed E-state index contributed by atoms with van der Waals surface area (Å²) in [7, 11) is 1.63. The average Bonchev–Trinajstić information content (AvgIpc) is 2.72. The van der Waals surface area contributed by atoms with Gasteiger partial charge in [0.1, 0.15) is 6.04 Å². The summed E-state index contributed by atoms with van der Waals surface area (Å²) in [4.78, 5) is 26.4. The minimum Gasteiger partial charge on any atom is -0.324 e. The Balaban J connectivity index is 1.71. The van der Waals surface area contributed by atoms with E-state index in [4.69, 9.17) is 11.6 Å². The van der Waals surface area contributed by atoms with E-state index in [1.54, 1.807) is 31.3 Å². The Bertz CT molecular complexity index is 778. The number of carbonyl (C=O) groups excluding carboxylic acids is 2. The molecule has 3 amide bonds. The molecular formula is C18H18ClN3O2. The number of benzene rings is 2. The summed E-state index contributed by atoms with van der Waals surface area (Å²) < 4.78 is 0. The van der Waals surface area contributed by atoms with E-state index in [1.807, 2.05) is 24.3 Å². The molecule has 1 heterocycles. The van der Waals surface area contributed by atoms with Gasteiger partial charge in [0, 0.05) is 23.4 Å². The van der Waals surface area contributed by atoms with Crippen molar-refractivity contribution < 1.29 is 9.59 Å². The molecule has 0 radical (unpaired) electrons. The highest BCUT2D eigenvalue weighted by molar-refractivity contribution is 6.30. The number of hydrogen-bond acceptors (Lipinski definition) is 2. The van der Waals surface area contributed by atoms with Gasteiger partial charge in [-0.15, -0.1) is 0 Å². The smallest absolute Gasteiger partial charge is 0.322 e. The van der Waals surface area contributed by atoms with Crippen molar-refractivity contribution in [3.63, 3.8) is 0 Å². The third-order valence-corrected chi connectivity index (χ3v) is 4.36. The summed E-state index contributed by atoms with van der Waals surface area (Å²) in [6, 6.07) is 13.7. The van der Waals surface area contributed by atoms with E-state index in [0.717, 1.165) is 17.7 Å². The minimum absolute atomic E-state index is 0.177. The van der Waals surface area contributed by atoms with Gasteiger partial charge in [-0.05, 0) is 42.7 Å². The molecule has 0 aliphatic carbocycles. The van der Waals surface area contributed by atoms with E-state index in [2.05, 4.69) is 10.6 Å². The second kappa shape index (κ2) is 6.93. The van der Waals surface area contributed by atoms with Crippen LogP contribution in [0.1, 0.15) is 12.0 Å². The van der Waals surface area contributed by atoms with Crippen LogP contribution in [0.5, 0.6) is 0 Å². The van der Waals surface area contributed by atoms with Gasteiger partial charge < -0.3 is 15.5 Å². The monoisotopic (exact) mass is 343 g/mol. The third kappa shape index (κ3) is 3.51. The van der Waals surface area contributed by atoms with Gasteiger partial charge in [0.25, 0.3) is 0 Å². The highest BCUT2D eigenvalue weighted by Gasteiger charge is 2.29. The topological polar surface area (TPSA) is 61.4 Å². The summed E-state index contributed by atoms with van der Waals surface area (Å²) in [5, 5.41) is 6.20. The first-order valence-corrected chi connectivity index (χ1v) is 8.10. The van der Waals surface area contributed by atoms with E-state index < -0.39 is 6.04 Å². The lowest BCUT2D eigenvalue weighted by Crippen LogP contribution is -2.46. The summed E-state index contributed by atoms with van der Waals surface area (Å²) in [6.07, 6.45) is 1.30. The summed E-state index contributed by atoms with van der Waals surface area (Å²) >= 11 is 5.92. The first kappa shape index (κ1) is 16.3. The Morgan fingerprint density at radius 3 is 2.83 bits per heavy atom. The molecular weight excluding hydrogens is 326 g/mol. The average molecular weight is 344 g/mol. The highest BCUT2D eigenvalue weighted by Crippen LogP contribution is 2.24. The van der Waals surface area contributed by atoms with Gasteiger partial charge in [0.15, 0.2) is 0 Å². The maximum absolute atomic E-state index is 12.5. The number of nitrogens with one attached hydrogen (secondary N) is 2. The van der Waals surface area contributed by atoms with Crippen LogP contribution >= 0.6 is 11.6 Å². The molecule has 0 saturated heterocycles. The van der Waals surface area contributed by atoms with E-state index >= 15 is 0 Å². The molecule has 2 aromatic carbocycles. The fraction of sp³-hybridized carbons (Fsp3) is 0.222. The Morgan fingerprint density at radius 1 is 1.25 bits per heavy atom. The molecule has 124 valence electrons. The van der Waals surface area contributed by atoms with Crippen molar-refractivity contribution >= 4 is 34.9 Å². The third-order valence-electron chi connectivity index (χ3n) is 4.13. The van der Waals surface area contributed by atoms with Gasteiger partial charge in [-0.2, -0.15) is 0 Å². The predicted molar refractivity (Wildman–Crippen MR) is 95.4 cm³/mol. The number of halogens is 1. The summed E-state index contributed by atoms with van der Waals surface area (Å²) in [6.45, 7) is 0. The first-order chi connectivity index (χ1) is 11.5. The highest BCUT2D eigenvalue weighted by atomic mass is 35.5. The standard InChI is InChI=1S/C18H18ClN3O2/c1-22(18(24)20-14-7-4-6-13(19)11-14)16-10-9-12-5-2-3-8-15(12)21-17(16)23/h2-8,11,16H,9-10H2,1H3,(H,20,24)(H,21,23)/t16-/m1/s1. The van der Waals surface area contributed by atoms with Crippen LogP contribution in [0.2, 0.25) is 5.02 Å². The molecule has 0 unspecified atom stereocenters. The largest absolute Gasteiger partial charge is 0.324 e. The Labute approximate surface area is 145 Å². The van der Waals surface area contributed by atoms with Crippen molar-refractivity contribution in [2.75, 3.05) is 17.7 Å². The predicted octanol–water partition coefficient (Wildman–Crippen LogP) is 3.76. The molecule has 24 heavy (non-hydrogen) atoms. The summed E-state index contributed by atoms with van der Waals surface area (Å²) in [5.74, 6) is -0.177. The fourth-order valence-electron chi connectivity index (χ4n) is 2.79. The van der Waals surface area contributed by atoms with Crippen LogP contribution in [-0.4, -0.2) is 29.9 Å². The van der Waals surface area contributed by atoms with Crippen LogP contribution < -0.4 is 10.6 Å². The molecule has 1 aliphatic heterocycles. The number of anilines is 2. The molecule has 0 spiro atoms. The number of para-hydroxylation sites is 1. The van der Waals surface area contributed by atoms with E-state index in [1.165, 1.54) is 4.90 Å². The zero-order chi connectivity index (χ0) is 17.1. The molecule has 1 aliphatic rings. The number of amides is 3. The Morgan fingerprint density at radius 2 is 2.04 bits per heavy atom. The molecule has 0 fully saturated rings. The maximum atomic E-state index is 12.5. The number of fused-ring (bicyclic) bond motifs is 1. The number of aryl methyl sites for hydroxylation is 1. The molecule has 5 nitrogen and oxygen atoms in total. The number of nitrogens with zero attached hydrogens (tertiary/aromatic N) is 1. The number of likely N-dealkylation sites (N-methyl/N-ethyl adjacent to an activating group) is 1. The lowest BCUT2D eigenvalue weighted by atomic mass is 10.1. The number of carbonyl (C=O) groups is 2. The van der Waals surface area contributed by atoms with Crippen molar-refractivity contribution in [3.8, 4) is 0 Å². The van der Waals surface area contributed by atoms with Crippen LogP contribution in [0.4, 0.5) is 16.2 Å². The second-order valence-electron chi connectivity index (χ2n) is 5.75. The van der Waals surface area contributed by atoms with E-state index in [0.29, 0.717) is 17.1 Å². The Hall–Kier alpha value is -2.53. The molecule has 0 saturated carbocycles. The molecule has 3 rings (SSSR count). The first-order valence-electron chi connectivity index (χ1n) is 7.73. The zero-order valence-electron chi connectivity index (χ0n) is 13.3. The van der Waals surface area contributed by atoms with E-state index in [-0.39, 0.29) is 11.9 Å². The van der Waals surface area contributed by atoms with Crippen molar-refractivity contribution in [1.29, 1.82) is 0 Å². The SMILES string of the molecule is CN(C(=O)Nc1cccc(Cl)c1)[C@@H]1CCc2ccccc2NC1=O. The molecule has 2 N–H and O–H groups in total. The lowest BCUT2D eigenvalue weighted by molar-refractivity contribution is -0.120. The molecule has 0 aromatic heterocycles. The van der Waals surface area contributed by atoms with Gasteiger partial charge in [-0.3, -0.25) is 4.79 Å². The van der Waals surface area contributed by atoms with Crippen LogP contribution in [0.3, 0.4) is 0 Å². The van der Waals surface area contributed by atoms with Crippen molar-refractivity contribution in [2.24, 2.45) is 0 Å². The van der Waals surface area contributed by atoms with Gasteiger partial charge in [0.2, 0.25) is 5.91 Å². The van der Waals surface area contributed by atoms with Gasteiger partial charge >= 0.3 is 6.03 Å².